The van der Waals surface area contributed by atoms with E-state index in [2.05, 4.69) is 27.0 Å². The summed E-state index contributed by atoms with van der Waals surface area (Å²) in [7, 11) is 3.62. The summed E-state index contributed by atoms with van der Waals surface area (Å²) in [5.41, 5.74) is 4.08. The summed E-state index contributed by atoms with van der Waals surface area (Å²) in [5, 5.41) is 4.75. The number of piperidine rings is 1. The lowest BCUT2D eigenvalue weighted by atomic mass is 9.94. The SMILES string of the molecule is COc1ccc(CN2CCC[C@H](c3nn(C)c4nccnc34)C2)cc1OC(C)C. The number of methoxy groups -OCH3 is 1. The average molecular weight is 396 g/mol. The predicted molar refractivity (Wildman–Crippen MR) is 112 cm³/mol. The van der Waals surface area contributed by atoms with E-state index in [0.29, 0.717) is 5.92 Å². The Morgan fingerprint density at radius 3 is 2.79 bits per heavy atom. The average Bonchev–Trinajstić information content (AvgIpc) is 3.05. The van der Waals surface area contributed by atoms with Crippen LogP contribution in [0.4, 0.5) is 0 Å². The first-order valence-electron chi connectivity index (χ1n) is 10.2. The highest BCUT2D eigenvalue weighted by atomic mass is 16.5. The van der Waals surface area contributed by atoms with Crippen LogP contribution in [0.5, 0.6) is 11.5 Å². The number of benzene rings is 1. The van der Waals surface area contributed by atoms with Gasteiger partial charge in [0, 0.05) is 38.4 Å². The molecule has 0 radical (unpaired) electrons. The highest BCUT2D eigenvalue weighted by Gasteiger charge is 2.26. The number of rotatable bonds is 6. The number of nitrogens with zero attached hydrogens (tertiary/aromatic N) is 5. The zero-order valence-corrected chi connectivity index (χ0v) is 17.6. The third-order valence-electron chi connectivity index (χ3n) is 5.37. The van der Waals surface area contributed by atoms with E-state index in [0.717, 1.165) is 60.8 Å². The molecule has 0 spiro atoms. The molecule has 1 saturated heterocycles. The molecule has 1 aliphatic heterocycles. The Bertz CT molecular complexity index is 984. The highest BCUT2D eigenvalue weighted by molar-refractivity contribution is 5.73. The summed E-state index contributed by atoms with van der Waals surface area (Å²) >= 11 is 0. The normalized spacial score (nSPS) is 17.8. The van der Waals surface area contributed by atoms with Crippen molar-refractivity contribution in [3.8, 4) is 11.5 Å². The van der Waals surface area contributed by atoms with Crippen LogP contribution in [0.2, 0.25) is 0 Å². The minimum atomic E-state index is 0.108. The van der Waals surface area contributed by atoms with Gasteiger partial charge >= 0.3 is 0 Å². The monoisotopic (exact) mass is 395 g/mol. The molecule has 0 N–H and O–H groups in total. The standard InChI is InChI=1S/C22H29N5O2/c1-15(2)29-19-12-16(7-8-18(19)28-4)13-27-11-5-6-17(14-27)20-21-22(26(3)25-20)24-10-9-23-21/h7-10,12,15,17H,5-6,11,13-14H2,1-4H3/t17-/m0/s1. The maximum Gasteiger partial charge on any atom is 0.176 e. The Hall–Kier alpha value is -2.67. The Morgan fingerprint density at radius 1 is 1.17 bits per heavy atom. The van der Waals surface area contributed by atoms with Crippen LogP contribution >= 0.6 is 0 Å². The van der Waals surface area contributed by atoms with E-state index in [1.165, 1.54) is 5.56 Å². The van der Waals surface area contributed by atoms with E-state index in [9.17, 15) is 0 Å². The third kappa shape index (κ3) is 4.19. The number of aromatic nitrogens is 4. The number of likely N-dealkylation sites (tertiary alicyclic amines) is 1. The molecule has 1 atom stereocenters. The maximum absolute atomic E-state index is 5.94. The molecule has 3 heterocycles. The van der Waals surface area contributed by atoms with Crippen molar-refractivity contribution >= 4 is 11.2 Å². The van der Waals surface area contributed by atoms with Crippen molar-refractivity contribution in [2.24, 2.45) is 7.05 Å². The van der Waals surface area contributed by atoms with Gasteiger partial charge in [0.1, 0.15) is 5.52 Å². The zero-order chi connectivity index (χ0) is 20.4. The van der Waals surface area contributed by atoms with Crippen LogP contribution in [-0.2, 0) is 13.6 Å². The fraction of sp³-hybridized carbons (Fsp3) is 0.500. The zero-order valence-electron chi connectivity index (χ0n) is 17.6. The molecule has 7 heteroatoms. The molecule has 1 fully saturated rings. The minimum absolute atomic E-state index is 0.108. The summed E-state index contributed by atoms with van der Waals surface area (Å²) in [5.74, 6) is 1.95. The van der Waals surface area contributed by atoms with Crippen LogP contribution < -0.4 is 9.47 Å². The molecule has 0 saturated carbocycles. The summed E-state index contributed by atoms with van der Waals surface area (Å²) in [6, 6.07) is 6.22. The summed E-state index contributed by atoms with van der Waals surface area (Å²) in [6.07, 6.45) is 5.86. The largest absolute Gasteiger partial charge is 0.493 e. The van der Waals surface area contributed by atoms with Gasteiger partial charge < -0.3 is 9.47 Å². The molecule has 4 rings (SSSR count). The summed E-state index contributed by atoms with van der Waals surface area (Å²) in [6.45, 7) is 6.99. The van der Waals surface area contributed by atoms with Crippen LogP contribution in [0.1, 0.15) is 43.9 Å². The van der Waals surface area contributed by atoms with E-state index >= 15 is 0 Å². The lowest BCUT2D eigenvalue weighted by molar-refractivity contribution is 0.197. The Balaban J connectivity index is 1.52. The molecule has 0 bridgehead atoms. The Labute approximate surface area is 171 Å². The van der Waals surface area contributed by atoms with Crippen molar-refractivity contribution in [2.75, 3.05) is 20.2 Å². The van der Waals surface area contributed by atoms with Crippen molar-refractivity contribution in [1.82, 2.24) is 24.6 Å². The van der Waals surface area contributed by atoms with E-state index in [1.54, 1.807) is 19.5 Å². The van der Waals surface area contributed by atoms with E-state index < -0.39 is 0 Å². The molecule has 0 unspecified atom stereocenters. The van der Waals surface area contributed by atoms with Gasteiger partial charge in [0.2, 0.25) is 0 Å². The maximum atomic E-state index is 5.94. The summed E-state index contributed by atoms with van der Waals surface area (Å²) in [4.78, 5) is 11.5. The molecule has 1 aliphatic rings. The van der Waals surface area contributed by atoms with Crippen molar-refractivity contribution in [3.63, 3.8) is 0 Å². The van der Waals surface area contributed by atoms with Crippen LogP contribution in [0.15, 0.2) is 30.6 Å². The van der Waals surface area contributed by atoms with Crippen molar-refractivity contribution in [1.29, 1.82) is 0 Å². The fourth-order valence-electron chi connectivity index (χ4n) is 4.13. The van der Waals surface area contributed by atoms with Gasteiger partial charge in [-0.3, -0.25) is 4.90 Å². The quantitative estimate of drug-likeness (QED) is 0.636. The van der Waals surface area contributed by atoms with Crippen LogP contribution in [0.3, 0.4) is 0 Å². The first kappa shape index (κ1) is 19.6. The smallest absolute Gasteiger partial charge is 0.176 e. The molecule has 1 aromatic carbocycles. The lowest BCUT2D eigenvalue weighted by Crippen LogP contribution is -2.34. The van der Waals surface area contributed by atoms with Crippen molar-refractivity contribution in [2.45, 2.75) is 45.3 Å². The second-order valence-corrected chi connectivity index (χ2v) is 7.96. The van der Waals surface area contributed by atoms with Gasteiger partial charge in [0.05, 0.1) is 18.9 Å². The third-order valence-corrected chi connectivity index (χ3v) is 5.37. The predicted octanol–water partition coefficient (Wildman–Crippen LogP) is 3.54. The lowest BCUT2D eigenvalue weighted by Gasteiger charge is -2.32. The minimum Gasteiger partial charge on any atom is -0.493 e. The van der Waals surface area contributed by atoms with E-state index in [-0.39, 0.29) is 6.10 Å². The molecule has 0 aliphatic carbocycles. The van der Waals surface area contributed by atoms with Gasteiger partial charge in [-0.05, 0) is 50.9 Å². The molecule has 2 aromatic heterocycles. The molecule has 0 amide bonds. The van der Waals surface area contributed by atoms with Crippen LogP contribution in [-0.4, -0.2) is 51.0 Å². The Morgan fingerprint density at radius 2 is 2.00 bits per heavy atom. The van der Waals surface area contributed by atoms with Gasteiger partial charge in [-0.25, -0.2) is 14.6 Å². The topological polar surface area (TPSA) is 65.3 Å². The second kappa shape index (κ2) is 8.37. The molecular weight excluding hydrogens is 366 g/mol. The van der Waals surface area contributed by atoms with Gasteiger partial charge in [-0.2, -0.15) is 5.10 Å². The molecule has 29 heavy (non-hydrogen) atoms. The van der Waals surface area contributed by atoms with E-state index in [1.807, 2.05) is 31.6 Å². The molecular formula is C22H29N5O2. The number of fused-ring (bicyclic) bond motifs is 1. The first-order chi connectivity index (χ1) is 14.0. The summed E-state index contributed by atoms with van der Waals surface area (Å²) < 4.78 is 13.2. The number of aryl methyl sites for hydroxylation is 1. The van der Waals surface area contributed by atoms with Crippen molar-refractivity contribution < 1.29 is 9.47 Å². The van der Waals surface area contributed by atoms with Gasteiger partial charge in [-0.1, -0.05) is 6.07 Å². The van der Waals surface area contributed by atoms with Crippen LogP contribution in [0.25, 0.3) is 11.2 Å². The van der Waals surface area contributed by atoms with Gasteiger partial charge in [0.15, 0.2) is 17.1 Å². The molecule has 3 aromatic rings. The first-order valence-corrected chi connectivity index (χ1v) is 10.2. The van der Waals surface area contributed by atoms with E-state index in [4.69, 9.17) is 14.6 Å². The fourth-order valence-corrected chi connectivity index (χ4v) is 4.13. The number of hydrogen-bond acceptors (Lipinski definition) is 6. The second-order valence-electron chi connectivity index (χ2n) is 7.96. The molecule has 154 valence electrons. The highest BCUT2D eigenvalue weighted by Crippen LogP contribution is 2.32. The number of ether oxygens (including phenoxy) is 2. The Kier molecular flexibility index (Phi) is 5.67. The molecule has 7 nitrogen and oxygen atoms in total. The van der Waals surface area contributed by atoms with Gasteiger partial charge in [-0.15, -0.1) is 0 Å². The van der Waals surface area contributed by atoms with Gasteiger partial charge in [0.25, 0.3) is 0 Å². The van der Waals surface area contributed by atoms with Crippen LogP contribution in [0, 0.1) is 0 Å². The number of hydrogen-bond donors (Lipinski definition) is 0. The van der Waals surface area contributed by atoms with Crippen molar-refractivity contribution in [3.05, 3.63) is 41.9 Å².